The summed E-state index contributed by atoms with van der Waals surface area (Å²) in [4.78, 5) is 27.4. The van der Waals surface area contributed by atoms with Crippen LogP contribution in [0.2, 0.25) is 10.0 Å². The molecule has 1 amide bonds. The zero-order valence-electron chi connectivity index (χ0n) is 15.3. The maximum Gasteiger partial charge on any atom is 0.354 e. The van der Waals surface area contributed by atoms with Crippen LogP contribution in [0.3, 0.4) is 0 Å². The molecule has 0 spiro atoms. The molecule has 150 valence electrons. The Labute approximate surface area is 177 Å². The molecule has 29 heavy (non-hydrogen) atoms. The highest BCUT2D eigenvalue weighted by molar-refractivity contribution is 6.39. The second kappa shape index (κ2) is 9.58. The second-order valence-electron chi connectivity index (χ2n) is 6.31. The largest absolute Gasteiger partial charge is 0.493 e. The second-order valence-corrected chi connectivity index (χ2v) is 7.15. The van der Waals surface area contributed by atoms with Crippen molar-refractivity contribution in [2.45, 2.75) is 12.8 Å². The minimum atomic E-state index is -1.18. The SMILES string of the molecule is O=C(Cc1ccccc1)NCCCOc1cc(C(=O)O)nc2cc(Cl)cc(Cl)c12. The standard InChI is InChI=1S/C21H18Cl2N2O4/c22-14-10-15(23)20-16(11-14)25-17(21(27)28)12-18(20)29-8-4-7-24-19(26)9-13-5-2-1-3-6-13/h1-3,5-6,10-12H,4,7-9H2,(H,24,26)(H,27,28). The minimum Gasteiger partial charge on any atom is -0.493 e. The Morgan fingerprint density at radius 3 is 2.59 bits per heavy atom. The topological polar surface area (TPSA) is 88.5 Å². The van der Waals surface area contributed by atoms with Gasteiger partial charge in [-0.3, -0.25) is 4.79 Å². The average Bonchev–Trinajstić information content (AvgIpc) is 2.67. The van der Waals surface area contributed by atoms with Crippen LogP contribution in [0.4, 0.5) is 0 Å². The van der Waals surface area contributed by atoms with E-state index in [0.717, 1.165) is 5.56 Å². The lowest BCUT2D eigenvalue weighted by molar-refractivity contribution is -0.120. The first kappa shape index (κ1) is 20.9. The molecule has 0 bridgehead atoms. The van der Waals surface area contributed by atoms with Crippen LogP contribution in [-0.2, 0) is 11.2 Å². The van der Waals surface area contributed by atoms with Crippen molar-refractivity contribution < 1.29 is 19.4 Å². The quantitative estimate of drug-likeness (QED) is 0.515. The predicted molar refractivity (Wildman–Crippen MR) is 112 cm³/mol. The molecule has 1 heterocycles. The van der Waals surface area contributed by atoms with Crippen molar-refractivity contribution in [3.8, 4) is 5.75 Å². The van der Waals surface area contributed by atoms with Gasteiger partial charge in [0.15, 0.2) is 5.69 Å². The number of nitrogens with one attached hydrogen (secondary N) is 1. The van der Waals surface area contributed by atoms with Gasteiger partial charge in [0.05, 0.1) is 29.0 Å². The molecule has 3 rings (SSSR count). The van der Waals surface area contributed by atoms with Gasteiger partial charge in [0.25, 0.3) is 0 Å². The number of rotatable bonds is 8. The summed E-state index contributed by atoms with van der Waals surface area (Å²) in [5.41, 5.74) is 1.12. The summed E-state index contributed by atoms with van der Waals surface area (Å²) in [7, 11) is 0. The van der Waals surface area contributed by atoms with Gasteiger partial charge in [-0.15, -0.1) is 0 Å². The minimum absolute atomic E-state index is 0.0728. The Morgan fingerprint density at radius 2 is 1.86 bits per heavy atom. The maximum absolute atomic E-state index is 12.0. The molecule has 1 aromatic heterocycles. The van der Waals surface area contributed by atoms with Crippen molar-refractivity contribution in [1.82, 2.24) is 10.3 Å². The molecule has 0 radical (unpaired) electrons. The van der Waals surface area contributed by atoms with E-state index >= 15 is 0 Å². The number of carbonyl (C=O) groups is 2. The van der Waals surface area contributed by atoms with Gasteiger partial charge in [-0.1, -0.05) is 53.5 Å². The van der Waals surface area contributed by atoms with E-state index in [-0.39, 0.29) is 18.2 Å². The Hall–Kier alpha value is -2.83. The lowest BCUT2D eigenvalue weighted by atomic mass is 10.1. The van der Waals surface area contributed by atoms with E-state index in [1.165, 1.54) is 12.1 Å². The lowest BCUT2D eigenvalue weighted by Gasteiger charge is -2.12. The maximum atomic E-state index is 12.0. The summed E-state index contributed by atoms with van der Waals surface area (Å²) >= 11 is 12.2. The summed E-state index contributed by atoms with van der Waals surface area (Å²) in [6.45, 7) is 0.697. The molecule has 0 unspecified atom stereocenters. The summed E-state index contributed by atoms with van der Waals surface area (Å²) in [6.07, 6.45) is 0.854. The normalized spacial score (nSPS) is 10.7. The molecule has 0 aliphatic rings. The van der Waals surface area contributed by atoms with Crippen LogP contribution in [0.25, 0.3) is 10.9 Å². The number of ether oxygens (including phenoxy) is 1. The molecule has 0 saturated heterocycles. The number of pyridine rings is 1. The third kappa shape index (κ3) is 5.59. The zero-order chi connectivity index (χ0) is 20.8. The van der Waals surface area contributed by atoms with Crippen LogP contribution in [0.1, 0.15) is 22.5 Å². The fourth-order valence-corrected chi connectivity index (χ4v) is 3.38. The highest BCUT2D eigenvalue weighted by Crippen LogP contribution is 2.34. The van der Waals surface area contributed by atoms with E-state index in [1.807, 2.05) is 30.3 Å². The van der Waals surface area contributed by atoms with E-state index in [0.29, 0.717) is 46.1 Å². The van der Waals surface area contributed by atoms with Crippen molar-refractivity contribution >= 4 is 46.0 Å². The molecule has 0 aliphatic carbocycles. The summed E-state index contributed by atoms with van der Waals surface area (Å²) in [6, 6.07) is 13.9. The first-order chi connectivity index (χ1) is 13.9. The van der Waals surface area contributed by atoms with Crippen molar-refractivity contribution in [2.75, 3.05) is 13.2 Å². The third-order valence-electron chi connectivity index (χ3n) is 4.12. The van der Waals surface area contributed by atoms with Gasteiger partial charge in [0.1, 0.15) is 5.75 Å². The molecule has 0 atom stereocenters. The summed E-state index contributed by atoms with van der Waals surface area (Å²) in [5, 5.41) is 13.3. The molecule has 6 nitrogen and oxygen atoms in total. The first-order valence-corrected chi connectivity index (χ1v) is 9.66. The highest BCUT2D eigenvalue weighted by Gasteiger charge is 2.15. The number of aromatic carboxylic acids is 1. The molecule has 0 fully saturated rings. The number of carboxylic acid groups (broad SMARTS) is 1. The smallest absolute Gasteiger partial charge is 0.354 e. The zero-order valence-corrected chi connectivity index (χ0v) is 16.8. The lowest BCUT2D eigenvalue weighted by Crippen LogP contribution is -2.27. The van der Waals surface area contributed by atoms with Gasteiger partial charge in [0.2, 0.25) is 5.91 Å². The molecule has 8 heteroatoms. The van der Waals surface area contributed by atoms with Gasteiger partial charge < -0.3 is 15.2 Å². The third-order valence-corrected chi connectivity index (χ3v) is 4.63. The molecule has 0 aliphatic heterocycles. The van der Waals surface area contributed by atoms with Crippen LogP contribution in [-0.4, -0.2) is 35.1 Å². The van der Waals surface area contributed by atoms with Crippen molar-refractivity contribution in [3.05, 3.63) is 69.8 Å². The van der Waals surface area contributed by atoms with Crippen LogP contribution in [0, 0.1) is 0 Å². The Kier molecular flexibility index (Phi) is 6.90. The number of benzene rings is 2. The Bertz CT molecular complexity index is 1040. The summed E-state index contributed by atoms with van der Waals surface area (Å²) < 4.78 is 5.75. The van der Waals surface area contributed by atoms with Crippen molar-refractivity contribution in [2.24, 2.45) is 0 Å². The van der Waals surface area contributed by atoms with Gasteiger partial charge in [-0.2, -0.15) is 0 Å². The van der Waals surface area contributed by atoms with E-state index in [1.54, 1.807) is 6.07 Å². The van der Waals surface area contributed by atoms with Gasteiger partial charge >= 0.3 is 5.97 Å². The Balaban J connectivity index is 1.60. The first-order valence-electron chi connectivity index (χ1n) is 8.90. The number of aromatic nitrogens is 1. The fraction of sp³-hybridized carbons (Fsp3) is 0.190. The molecular weight excluding hydrogens is 415 g/mol. The van der Waals surface area contributed by atoms with Crippen LogP contribution < -0.4 is 10.1 Å². The fourth-order valence-electron chi connectivity index (χ4n) is 2.80. The van der Waals surface area contributed by atoms with Gasteiger partial charge in [-0.05, 0) is 24.1 Å². The number of hydrogen-bond donors (Lipinski definition) is 2. The summed E-state index contributed by atoms with van der Waals surface area (Å²) in [5.74, 6) is -0.942. The van der Waals surface area contributed by atoms with E-state index < -0.39 is 5.97 Å². The van der Waals surface area contributed by atoms with E-state index in [4.69, 9.17) is 27.9 Å². The van der Waals surface area contributed by atoms with E-state index in [9.17, 15) is 14.7 Å². The molecule has 2 N–H and O–H groups in total. The number of nitrogens with zero attached hydrogens (tertiary/aromatic N) is 1. The van der Waals surface area contributed by atoms with Gasteiger partial charge in [0, 0.05) is 17.6 Å². The predicted octanol–water partition coefficient (Wildman–Crippen LogP) is 4.37. The Morgan fingerprint density at radius 1 is 1.10 bits per heavy atom. The molecular formula is C21H18Cl2N2O4. The average molecular weight is 433 g/mol. The van der Waals surface area contributed by atoms with Crippen LogP contribution in [0.15, 0.2) is 48.5 Å². The molecule has 3 aromatic rings. The monoisotopic (exact) mass is 432 g/mol. The number of carboxylic acids is 1. The number of carbonyl (C=O) groups excluding carboxylic acids is 1. The number of amides is 1. The van der Waals surface area contributed by atoms with Gasteiger partial charge in [-0.25, -0.2) is 9.78 Å². The highest BCUT2D eigenvalue weighted by atomic mass is 35.5. The molecule has 0 saturated carbocycles. The van der Waals surface area contributed by atoms with E-state index in [2.05, 4.69) is 10.3 Å². The van der Waals surface area contributed by atoms with Crippen LogP contribution >= 0.6 is 23.2 Å². The van der Waals surface area contributed by atoms with Crippen molar-refractivity contribution in [1.29, 1.82) is 0 Å². The van der Waals surface area contributed by atoms with Crippen molar-refractivity contribution in [3.63, 3.8) is 0 Å². The number of halogens is 2. The molecule has 2 aromatic carbocycles. The number of hydrogen-bond acceptors (Lipinski definition) is 4. The van der Waals surface area contributed by atoms with Crippen LogP contribution in [0.5, 0.6) is 5.75 Å². The number of fused-ring (bicyclic) bond motifs is 1.